The molecule has 18 heavy (non-hydrogen) atoms. The average Bonchev–Trinajstić information content (AvgIpc) is 2.97. The maximum absolute atomic E-state index is 5.63. The molecule has 2 N–H and O–H groups in total. The van der Waals surface area contributed by atoms with Crippen LogP contribution in [0.1, 0.15) is 5.69 Å². The number of aromatic nitrogens is 5. The van der Waals surface area contributed by atoms with Crippen molar-refractivity contribution >= 4 is 16.5 Å². The molecule has 0 aliphatic carbocycles. The van der Waals surface area contributed by atoms with Gasteiger partial charge in [-0.15, -0.1) is 0 Å². The van der Waals surface area contributed by atoms with Crippen LogP contribution in [0.5, 0.6) is 0 Å². The number of anilines is 1. The second-order valence-corrected chi connectivity index (χ2v) is 4.52. The Hall–Kier alpha value is -2.35. The van der Waals surface area contributed by atoms with Crippen LogP contribution in [-0.4, -0.2) is 25.1 Å². The summed E-state index contributed by atoms with van der Waals surface area (Å²) < 4.78 is 5.19. The van der Waals surface area contributed by atoms with E-state index in [9.17, 15) is 0 Å². The molecule has 0 spiro atoms. The molecule has 0 bridgehead atoms. The molecule has 0 saturated heterocycles. The van der Waals surface area contributed by atoms with Crippen molar-refractivity contribution in [3.63, 3.8) is 0 Å². The van der Waals surface area contributed by atoms with E-state index in [4.69, 9.17) is 10.3 Å². The first-order valence-electron chi connectivity index (χ1n) is 5.07. The molecule has 0 fully saturated rings. The first kappa shape index (κ1) is 10.8. The predicted molar refractivity (Wildman–Crippen MR) is 65.6 cm³/mol. The lowest BCUT2D eigenvalue weighted by atomic mass is 10.4. The number of hydrogen-bond acceptors (Lipinski definition) is 8. The van der Waals surface area contributed by atoms with Crippen molar-refractivity contribution in [1.29, 1.82) is 0 Å². The molecule has 90 valence electrons. The van der Waals surface area contributed by atoms with Crippen molar-refractivity contribution in [3.05, 3.63) is 24.3 Å². The summed E-state index contributed by atoms with van der Waals surface area (Å²) >= 11 is 1.31. The molecule has 3 aromatic rings. The number of nitrogens with zero attached hydrogens (tertiary/aromatic N) is 5. The zero-order valence-corrected chi connectivity index (χ0v) is 10.2. The molecule has 0 aromatic carbocycles. The Balaban J connectivity index is 2.02. The molecule has 3 aromatic heterocycles. The van der Waals surface area contributed by atoms with E-state index in [1.807, 2.05) is 6.92 Å². The van der Waals surface area contributed by atoms with Gasteiger partial charge < -0.3 is 10.3 Å². The van der Waals surface area contributed by atoms with E-state index in [0.29, 0.717) is 22.5 Å². The molecular formula is C10H8N6OS. The van der Waals surface area contributed by atoms with E-state index in [0.717, 1.165) is 10.6 Å². The molecular weight excluding hydrogens is 252 g/mol. The SMILES string of the molecule is Cc1nc(N)sc1-c1nc(-c2ccncn2)no1. The number of nitrogens with two attached hydrogens (primary N) is 1. The zero-order chi connectivity index (χ0) is 12.5. The van der Waals surface area contributed by atoms with Crippen LogP contribution in [0.3, 0.4) is 0 Å². The summed E-state index contributed by atoms with van der Waals surface area (Å²) in [7, 11) is 0. The standard InChI is InChI=1S/C10H8N6OS/c1-5-7(18-10(11)14-5)9-15-8(16-17-9)6-2-3-12-4-13-6/h2-4H,1H3,(H2,11,14). The number of nitrogen functional groups attached to an aromatic ring is 1. The topological polar surface area (TPSA) is 104 Å². The fourth-order valence-electron chi connectivity index (χ4n) is 1.46. The molecule has 0 atom stereocenters. The Morgan fingerprint density at radius 3 is 2.89 bits per heavy atom. The summed E-state index contributed by atoms with van der Waals surface area (Å²) in [5, 5.41) is 4.35. The Morgan fingerprint density at radius 1 is 1.33 bits per heavy atom. The van der Waals surface area contributed by atoms with Gasteiger partial charge in [-0.05, 0) is 13.0 Å². The van der Waals surface area contributed by atoms with Gasteiger partial charge in [0.15, 0.2) is 5.13 Å². The molecule has 0 unspecified atom stereocenters. The summed E-state index contributed by atoms with van der Waals surface area (Å²) in [6.07, 6.45) is 3.05. The van der Waals surface area contributed by atoms with Crippen molar-refractivity contribution in [2.45, 2.75) is 6.92 Å². The molecule has 0 amide bonds. The van der Waals surface area contributed by atoms with Crippen LogP contribution in [0.2, 0.25) is 0 Å². The molecule has 3 heterocycles. The highest BCUT2D eigenvalue weighted by molar-refractivity contribution is 7.18. The van der Waals surface area contributed by atoms with E-state index >= 15 is 0 Å². The van der Waals surface area contributed by atoms with Gasteiger partial charge >= 0.3 is 0 Å². The first-order valence-corrected chi connectivity index (χ1v) is 5.89. The Bertz CT molecular complexity index is 677. The number of rotatable bonds is 2. The van der Waals surface area contributed by atoms with Crippen LogP contribution in [-0.2, 0) is 0 Å². The average molecular weight is 260 g/mol. The van der Waals surface area contributed by atoms with Crippen LogP contribution >= 0.6 is 11.3 Å². The third-order valence-corrected chi connectivity index (χ3v) is 3.22. The van der Waals surface area contributed by atoms with Crippen molar-refractivity contribution in [1.82, 2.24) is 25.1 Å². The Morgan fingerprint density at radius 2 is 2.22 bits per heavy atom. The summed E-state index contributed by atoms with van der Waals surface area (Å²) in [6, 6.07) is 1.71. The minimum Gasteiger partial charge on any atom is -0.375 e. The highest BCUT2D eigenvalue weighted by Gasteiger charge is 2.16. The highest BCUT2D eigenvalue weighted by Crippen LogP contribution is 2.30. The molecule has 3 rings (SSSR count). The smallest absolute Gasteiger partial charge is 0.270 e. The predicted octanol–water partition coefficient (Wildman–Crippen LogP) is 1.54. The number of thiazole rings is 1. The van der Waals surface area contributed by atoms with Gasteiger partial charge in [0.1, 0.15) is 16.9 Å². The van der Waals surface area contributed by atoms with Gasteiger partial charge in [0, 0.05) is 6.20 Å². The third kappa shape index (κ3) is 1.82. The number of hydrogen-bond donors (Lipinski definition) is 1. The fourth-order valence-corrected chi connectivity index (χ4v) is 2.21. The lowest BCUT2D eigenvalue weighted by molar-refractivity contribution is 0.432. The van der Waals surface area contributed by atoms with Crippen LogP contribution in [0.4, 0.5) is 5.13 Å². The molecule has 8 heteroatoms. The normalized spacial score (nSPS) is 10.7. The highest BCUT2D eigenvalue weighted by atomic mass is 32.1. The molecule has 0 aliphatic heterocycles. The van der Waals surface area contributed by atoms with Gasteiger partial charge in [-0.1, -0.05) is 16.5 Å². The van der Waals surface area contributed by atoms with E-state index in [-0.39, 0.29) is 0 Å². The molecule has 0 saturated carbocycles. The third-order valence-electron chi connectivity index (χ3n) is 2.24. The van der Waals surface area contributed by atoms with Gasteiger partial charge in [0.2, 0.25) is 5.82 Å². The monoisotopic (exact) mass is 260 g/mol. The summed E-state index contributed by atoms with van der Waals surface area (Å²) in [5.74, 6) is 0.814. The van der Waals surface area contributed by atoms with Crippen molar-refractivity contribution in [2.75, 3.05) is 5.73 Å². The summed E-state index contributed by atoms with van der Waals surface area (Å²) in [4.78, 5) is 17.0. The fraction of sp³-hybridized carbons (Fsp3) is 0.100. The lowest BCUT2D eigenvalue weighted by Crippen LogP contribution is -1.85. The Labute approximate surface area is 106 Å². The quantitative estimate of drug-likeness (QED) is 0.745. The van der Waals surface area contributed by atoms with E-state index < -0.39 is 0 Å². The van der Waals surface area contributed by atoms with Gasteiger partial charge in [0.05, 0.1) is 5.69 Å². The van der Waals surface area contributed by atoms with Crippen LogP contribution in [0, 0.1) is 6.92 Å². The number of aryl methyl sites for hydroxylation is 1. The first-order chi connectivity index (χ1) is 8.74. The van der Waals surface area contributed by atoms with Crippen LogP contribution in [0.25, 0.3) is 22.3 Å². The molecule has 0 radical (unpaired) electrons. The van der Waals surface area contributed by atoms with Crippen LogP contribution < -0.4 is 5.73 Å². The van der Waals surface area contributed by atoms with E-state index in [1.54, 1.807) is 12.3 Å². The van der Waals surface area contributed by atoms with Crippen molar-refractivity contribution < 1.29 is 4.52 Å². The van der Waals surface area contributed by atoms with Crippen molar-refractivity contribution in [2.24, 2.45) is 0 Å². The maximum Gasteiger partial charge on any atom is 0.270 e. The summed E-state index contributed by atoms with van der Waals surface area (Å²) in [6.45, 7) is 1.84. The van der Waals surface area contributed by atoms with Gasteiger partial charge in [0.25, 0.3) is 5.89 Å². The lowest BCUT2D eigenvalue weighted by Gasteiger charge is -1.89. The second kappa shape index (κ2) is 4.15. The van der Waals surface area contributed by atoms with Crippen LogP contribution in [0.15, 0.2) is 23.1 Å². The minimum atomic E-state index is 0.398. The van der Waals surface area contributed by atoms with Gasteiger partial charge in [-0.3, -0.25) is 0 Å². The summed E-state index contributed by atoms with van der Waals surface area (Å²) in [5.41, 5.74) is 7.01. The maximum atomic E-state index is 5.63. The van der Waals surface area contributed by atoms with Gasteiger partial charge in [-0.25, -0.2) is 15.0 Å². The largest absolute Gasteiger partial charge is 0.375 e. The van der Waals surface area contributed by atoms with Crippen molar-refractivity contribution in [3.8, 4) is 22.3 Å². The minimum absolute atomic E-state index is 0.398. The molecule has 0 aliphatic rings. The Kier molecular flexibility index (Phi) is 2.49. The molecule has 7 nitrogen and oxygen atoms in total. The van der Waals surface area contributed by atoms with E-state index in [1.165, 1.54) is 17.7 Å². The van der Waals surface area contributed by atoms with E-state index in [2.05, 4.69) is 25.1 Å². The second-order valence-electron chi connectivity index (χ2n) is 3.48. The van der Waals surface area contributed by atoms with Gasteiger partial charge in [-0.2, -0.15) is 4.98 Å². The zero-order valence-electron chi connectivity index (χ0n) is 9.36.